The van der Waals surface area contributed by atoms with E-state index in [2.05, 4.69) is 74.3 Å². The zero-order chi connectivity index (χ0) is 43.4. The molecular weight excluding hydrogens is 786 g/mol. The molecule has 4 aromatic rings. The van der Waals surface area contributed by atoms with Crippen LogP contribution in [-0.2, 0) is 29.8 Å². The number of amides is 1. The Morgan fingerprint density at radius 1 is 0.746 bits per heavy atom. The summed E-state index contributed by atoms with van der Waals surface area (Å²) in [6, 6.07) is 36.6. The van der Waals surface area contributed by atoms with Crippen molar-refractivity contribution in [2.45, 2.75) is 110 Å². The molecule has 0 N–H and O–H groups in total. The normalized spacial score (nSPS) is 16.9. The predicted molar refractivity (Wildman–Crippen MR) is 251 cm³/mol. The number of esters is 1. The maximum Gasteiger partial charge on any atom is 0.356 e. The number of β-lactam (4-membered cyclic amide) rings is 1. The molecule has 0 bridgehead atoms. The fourth-order valence-corrected chi connectivity index (χ4v) is 14.0. The van der Waals surface area contributed by atoms with Crippen LogP contribution in [0.5, 0.6) is 0 Å². The summed E-state index contributed by atoms with van der Waals surface area (Å²) in [5.74, 6) is -1.69. The lowest BCUT2D eigenvalue weighted by atomic mass is 9.79. The molecule has 3 atom stereocenters. The molecule has 1 fully saturated rings. The maximum absolute atomic E-state index is 15.2. The molecule has 1 heterocycles. The Morgan fingerprint density at radius 3 is 1.63 bits per heavy atom. The Balaban J connectivity index is 1.72. The van der Waals surface area contributed by atoms with Gasteiger partial charge in [-0.1, -0.05) is 169 Å². The first kappa shape index (κ1) is 46.0. The zero-order valence-electron chi connectivity index (χ0n) is 37.0. The standard InChI is InChI=1S/C49H64NO6PSi2/c1-13-33-54-47(53)46(57(39-23-17-14-18-24-39,40-25-19-15-20-26-40)41-27-21-16-22-28-41)50-42(44(45(50)52)36(2)56-59(11,12)49(6,7)8)34-43(51)38-31-29-37(30-32-38)35-55-58(9,10)48(3,4)5/h13-32,36,42,44H,1,33-35H2,2-12H3/t36?,42-,44-/m1/s1. The summed E-state index contributed by atoms with van der Waals surface area (Å²) in [5, 5.41) is 2.60. The highest BCUT2D eigenvalue weighted by molar-refractivity contribution is 7.96. The Labute approximate surface area is 355 Å². The Morgan fingerprint density at radius 2 is 1.20 bits per heavy atom. The lowest BCUT2D eigenvalue weighted by molar-refractivity contribution is -0.156. The molecule has 0 radical (unpaired) electrons. The average molecular weight is 850 g/mol. The van der Waals surface area contributed by atoms with Crippen molar-refractivity contribution >= 4 is 62.5 Å². The van der Waals surface area contributed by atoms with E-state index in [0.29, 0.717) is 12.2 Å². The first-order chi connectivity index (χ1) is 27.7. The molecule has 1 aliphatic heterocycles. The molecule has 0 aliphatic carbocycles. The van der Waals surface area contributed by atoms with Gasteiger partial charge in [0, 0.05) is 18.9 Å². The molecule has 0 saturated carbocycles. The predicted octanol–water partition coefficient (Wildman–Crippen LogP) is 9.87. The third-order valence-corrected chi connectivity index (χ3v) is 25.9. The average Bonchev–Trinajstić information content (AvgIpc) is 3.19. The van der Waals surface area contributed by atoms with E-state index in [9.17, 15) is 4.79 Å². The van der Waals surface area contributed by atoms with Crippen LogP contribution in [0.15, 0.2) is 128 Å². The van der Waals surface area contributed by atoms with Crippen LogP contribution in [0.4, 0.5) is 0 Å². The van der Waals surface area contributed by atoms with Gasteiger partial charge in [0.2, 0.25) is 5.91 Å². The fraction of sp³-hybridized carbons (Fsp3) is 0.388. The van der Waals surface area contributed by atoms with Crippen molar-refractivity contribution in [1.29, 1.82) is 0 Å². The van der Waals surface area contributed by atoms with E-state index in [-0.39, 0.29) is 40.2 Å². The van der Waals surface area contributed by atoms with Crippen LogP contribution in [0.1, 0.15) is 70.8 Å². The minimum Gasteiger partial charge on any atom is -0.457 e. The van der Waals surface area contributed by atoms with Crippen LogP contribution in [-0.4, -0.2) is 63.4 Å². The van der Waals surface area contributed by atoms with Crippen LogP contribution < -0.4 is 15.9 Å². The highest BCUT2D eigenvalue weighted by Crippen LogP contribution is 2.51. The Kier molecular flexibility index (Phi) is 14.2. The van der Waals surface area contributed by atoms with Crippen molar-refractivity contribution in [2.24, 2.45) is 5.92 Å². The molecule has 10 heteroatoms. The number of likely N-dealkylation sites (tertiary alicyclic amines) is 1. The second-order valence-electron chi connectivity index (χ2n) is 18.6. The Hall–Kier alpha value is -4.12. The number of carbonyl (C=O) groups excluding carboxylic acids is 3. The first-order valence-corrected chi connectivity index (χ1v) is 28.3. The molecule has 1 saturated heterocycles. The summed E-state index contributed by atoms with van der Waals surface area (Å²) in [7, 11) is -4.35. The van der Waals surface area contributed by atoms with Crippen molar-refractivity contribution < 1.29 is 28.0 Å². The van der Waals surface area contributed by atoms with E-state index in [4.69, 9.17) is 13.6 Å². The quantitative estimate of drug-likeness (QED) is 0.0279. The summed E-state index contributed by atoms with van der Waals surface area (Å²) in [5.41, 5.74) is 1.76. The van der Waals surface area contributed by atoms with Gasteiger partial charge in [0.15, 0.2) is 22.4 Å². The first-order valence-electron chi connectivity index (χ1n) is 20.7. The van der Waals surface area contributed by atoms with E-state index >= 15 is 9.59 Å². The number of nitrogens with zero attached hydrogens (tertiary/aromatic N) is 1. The van der Waals surface area contributed by atoms with Crippen LogP contribution in [0, 0.1) is 5.92 Å². The molecule has 314 valence electrons. The molecule has 4 aromatic carbocycles. The topological polar surface area (TPSA) is 82.1 Å². The van der Waals surface area contributed by atoms with E-state index in [1.807, 2.05) is 122 Å². The van der Waals surface area contributed by atoms with Gasteiger partial charge in [0.25, 0.3) is 0 Å². The number of hydrogen-bond acceptors (Lipinski definition) is 6. The second kappa shape index (κ2) is 18.2. The third-order valence-electron chi connectivity index (χ3n) is 12.6. The van der Waals surface area contributed by atoms with E-state index in [1.54, 1.807) is 4.90 Å². The van der Waals surface area contributed by atoms with Gasteiger partial charge in [-0.25, -0.2) is 4.79 Å². The molecule has 1 aliphatic rings. The summed E-state index contributed by atoms with van der Waals surface area (Å²) in [6.45, 7) is 25.0. The van der Waals surface area contributed by atoms with Crippen LogP contribution in [0.3, 0.4) is 0 Å². The van der Waals surface area contributed by atoms with Gasteiger partial charge >= 0.3 is 5.97 Å². The number of hydrogen-bond donors (Lipinski definition) is 0. The van der Waals surface area contributed by atoms with Gasteiger partial charge in [0.1, 0.15) is 12.0 Å². The van der Waals surface area contributed by atoms with Gasteiger partial charge in [-0.15, -0.1) is 0 Å². The van der Waals surface area contributed by atoms with Gasteiger partial charge < -0.3 is 18.5 Å². The number of ether oxygens (including phenoxy) is 1. The van der Waals surface area contributed by atoms with Crippen LogP contribution in [0.25, 0.3) is 0 Å². The molecule has 0 aromatic heterocycles. The number of ketones is 1. The molecule has 1 amide bonds. The summed E-state index contributed by atoms with van der Waals surface area (Å²) < 4.78 is 19.4. The second-order valence-corrected chi connectivity index (χ2v) is 31.5. The van der Waals surface area contributed by atoms with Gasteiger partial charge in [-0.3, -0.25) is 9.59 Å². The molecule has 0 spiro atoms. The van der Waals surface area contributed by atoms with Crippen molar-refractivity contribution in [3.63, 3.8) is 0 Å². The monoisotopic (exact) mass is 849 g/mol. The molecule has 1 unspecified atom stereocenters. The minimum atomic E-state index is -3.18. The molecule has 59 heavy (non-hydrogen) atoms. The minimum absolute atomic E-state index is 0.0158. The largest absolute Gasteiger partial charge is 0.457 e. The van der Waals surface area contributed by atoms with Gasteiger partial charge in [0.05, 0.1) is 24.7 Å². The van der Waals surface area contributed by atoms with E-state index in [0.717, 1.165) is 21.5 Å². The summed E-state index contributed by atoms with van der Waals surface area (Å²) >= 11 is 0. The maximum atomic E-state index is 15.2. The Bertz CT molecular complexity index is 2050. The van der Waals surface area contributed by atoms with E-state index < -0.39 is 47.6 Å². The van der Waals surface area contributed by atoms with Crippen molar-refractivity contribution in [2.75, 3.05) is 6.61 Å². The summed E-state index contributed by atoms with van der Waals surface area (Å²) in [6.07, 6.45) is 0.995. The molecule has 5 rings (SSSR count). The lowest BCUT2D eigenvalue weighted by Crippen LogP contribution is -2.69. The van der Waals surface area contributed by atoms with Gasteiger partial charge in [-0.2, -0.15) is 0 Å². The molecular formula is C49H64NO6PSi2. The summed E-state index contributed by atoms with van der Waals surface area (Å²) in [4.78, 5) is 46.4. The highest BCUT2D eigenvalue weighted by Gasteiger charge is 2.57. The number of Topliss-reactive ketones (excluding diaryl/α,β-unsaturated/α-hetero) is 1. The van der Waals surface area contributed by atoms with Gasteiger partial charge in [-0.05, 0) is 64.7 Å². The van der Waals surface area contributed by atoms with Crippen LogP contribution in [0.2, 0.25) is 36.3 Å². The van der Waals surface area contributed by atoms with Crippen molar-refractivity contribution in [3.05, 3.63) is 139 Å². The third kappa shape index (κ3) is 9.61. The van der Waals surface area contributed by atoms with Crippen molar-refractivity contribution in [3.8, 4) is 0 Å². The number of rotatable bonds is 16. The molecule has 7 nitrogen and oxygen atoms in total. The smallest absolute Gasteiger partial charge is 0.356 e. The SMILES string of the molecule is C=CCOC(=O)C(N1C(=O)[C@H](C(C)O[Si](C)(C)C(C)(C)C)[C@H]1CC(=O)c1ccc(CO[Si](C)(C)C(C)(C)C)cc1)=P(c1ccccc1)(c1ccccc1)c1ccccc1. The lowest BCUT2D eigenvalue weighted by Gasteiger charge is -2.53. The zero-order valence-corrected chi connectivity index (χ0v) is 39.8. The van der Waals surface area contributed by atoms with E-state index in [1.165, 1.54) is 6.08 Å². The number of benzene rings is 4. The fourth-order valence-electron chi connectivity index (χ4n) is 7.22. The van der Waals surface area contributed by atoms with Crippen LogP contribution >= 0.6 is 6.89 Å². The van der Waals surface area contributed by atoms with Crippen molar-refractivity contribution in [1.82, 2.24) is 4.90 Å². The number of carbonyl (C=O) groups is 3. The highest BCUT2D eigenvalue weighted by atomic mass is 31.2.